The van der Waals surface area contributed by atoms with Gasteiger partial charge in [-0.3, -0.25) is 4.79 Å². The van der Waals surface area contributed by atoms with Gasteiger partial charge in [-0.05, 0) is 30.3 Å². The molecule has 1 aliphatic rings. The number of ether oxygens (including phenoxy) is 1. The molecular formula is C19H21N3O3. The summed E-state index contributed by atoms with van der Waals surface area (Å²) in [7, 11) is 1.58. The number of hydrogen-bond acceptors (Lipinski definition) is 3. The zero-order valence-electron chi connectivity index (χ0n) is 14.1. The Morgan fingerprint density at radius 1 is 0.920 bits per heavy atom. The molecule has 1 N–H and O–H groups in total. The van der Waals surface area contributed by atoms with E-state index in [1.54, 1.807) is 35.1 Å². The van der Waals surface area contributed by atoms with Gasteiger partial charge in [0.15, 0.2) is 0 Å². The number of nitrogens with zero attached hydrogens (tertiary/aromatic N) is 2. The number of carbonyl (C=O) groups excluding carboxylic acids is 2. The van der Waals surface area contributed by atoms with Crippen LogP contribution < -0.4 is 10.1 Å². The van der Waals surface area contributed by atoms with Crippen LogP contribution in [0.4, 0.5) is 10.5 Å². The van der Waals surface area contributed by atoms with Crippen LogP contribution in [0, 0.1) is 0 Å². The van der Waals surface area contributed by atoms with Crippen molar-refractivity contribution in [3.8, 4) is 5.75 Å². The van der Waals surface area contributed by atoms with Crippen LogP contribution in [0.1, 0.15) is 10.4 Å². The number of rotatable bonds is 3. The van der Waals surface area contributed by atoms with Crippen molar-refractivity contribution in [2.75, 3.05) is 38.6 Å². The summed E-state index contributed by atoms with van der Waals surface area (Å²) in [6, 6.07) is 16.3. The second-order valence-corrected chi connectivity index (χ2v) is 5.81. The van der Waals surface area contributed by atoms with E-state index >= 15 is 0 Å². The fraction of sp³-hybridized carbons (Fsp3) is 0.263. The van der Waals surface area contributed by atoms with Gasteiger partial charge in [0.05, 0.1) is 7.11 Å². The Morgan fingerprint density at radius 3 is 2.28 bits per heavy atom. The van der Waals surface area contributed by atoms with Crippen LogP contribution in [0.15, 0.2) is 54.6 Å². The number of carbonyl (C=O) groups is 2. The molecule has 1 saturated heterocycles. The van der Waals surface area contributed by atoms with Crippen molar-refractivity contribution >= 4 is 17.6 Å². The normalized spacial score (nSPS) is 14.1. The first-order valence-corrected chi connectivity index (χ1v) is 8.21. The summed E-state index contributed by atoms with van der Waals surface area (Å²) < 4.78 is 5.17. The molecule has 2 aromatic rings. The van der Waals surface area contributed by atoms with Crippen LogP contribution in [0.2, 0.25) is 0 Å². The molecule has 6 nitrogen and oxygen atoms in total. The Morgan fingerprint density at radius 2 is 1.60 bits per heavy atom. The molecule has 2 aromatic carbocycles. The third-order valence-corrected chi connectivity index (χ3v) is 4.20. The molecule has 0 aromatic heterocycles. The van der Waals surface area contributed by atoms with E-state index in [4.69, 9.17) is 4.74 Å². The summed E-state index contributed by atoms with van der Waals surface area (Å²) in [5, 5.41) is 2.87. The van der Waals surface area contributed by atoms with Crippen molar-refractivity contribution in [1.82, 2.24) is 9.80 Å². The summed E-state index contributed by atoms with van der Waals surface area (Å²) in [6.45, 7) is 2.04. The van der Waals surface area contributed by atoms with Crippen molar-refractivity contribution in [3.63, 3.8) is 0 Å². The monoisotopic (exact) mass is 339 g/mol. The van der Waals surface area contributed by atoms with Gasteiger partial charge in [-0.1, -0.05) is 24.3 Å². The van der Waals surface area contributed by atoms with Gasteiger partial charge in [-0.2, -0.15) is 0 Å². The average molecular weight is 339 g/mol. The Kier molecular flexibility index (Phi) is 5.18. The van der Waals surface area contributed by atoms with Crippen LogP contribution in [-0.4, -0.2) is 55.0 Å². The van der Waals surface area contributed by atoms with Crippen LogP contribution in [0.3, 0.4) is 0 Å². The summed E-state index contributed by atoms with van der Waals surface area (Å²) in [4.78, 5) is 28.4. The maximum Gasteiger partial charge on any atom is 0.321 e. The van der Waals surface area contributed by atoms with E-state index in [2.05, 4.69) is 5.32 Å². The van der Waals surface area contributed by atoms with E-state index in [0.717, 1.165) is 5.69 Å². The number of methoxy groups -OCH3 is 1. The molecule has 0 bridgehead atoms. The van der Waals surface area contributed by atoms with Crippen LogP contribution >= 0.6 is 0 Å². The second kappa shape index (κ2) is 7.70. The zero-order valence-corrected chi connectivity index (χ0v) is 14.1. The fourth-order valence-corrected chi connectivity index (χ4v) is 2.78. The molecular weight excluding hydrogens is 318 g/mol. The summed E-state index contributed by atoms with van der Waals surface area (Å²) in [5.74, 6) is 0.619. The molecule has 6 heteroatoms. The van der Waals surface area contributed by atoms with Gasteiger partial charge in [-0.25, -0.2) is 4.79 Å². The smallest absolute Gasteiger partial charge is 0.321 e. The third-order valence-electron chi connectivity index (χ3n) is 4.20. The van der Waals surface area contributed by atoms with Gasteiger partial charge in [0, 0.05) is 37.4 Å². The lowest BCUT2D eigenvalue weighted by Crippen LogP contribution is -2.51. The molecule has 0 atom stereocenters. The first-order chi connectivity index (χ1) is 12.2. The first kappa shape index (κ1) is 16.8. The molecule has 0 saturated carbocycles. The van der Waals surface area contributed by atoms with Crippen molar-refractivity contribution < 1.29 is 14.3 Å². The summed E-state index contributed by atoms with van der Waals surface area (Å²) in [5.41, 5.74) is 1.36. The Balaban J connectivity index is 1.56. The van der Waals surface area contributed by atoms with Gasteiger partial charge in [0.1, 0.15) is 5.75 Å². The van der Waals surface area contributed by atoms with E-state index in [1.165, 1.54) is 0 Å². The fourth-order valence-electron chi connectivity index (χ4n) is 2.78. The van der Waals surface area contributed by atoms with Crippen molar-refractivity contribution in [2.24, 2.45) is 0 Å². The lowest BCUT2D eigenvalue weighted by molar-refractivity contribution is 0.0671. The maximum atomic E-state index is 12.6. The van der Waals surface area contributed by atoms with Crippen LogP contribution in [0.25, 0.3) is 0 Å². The van der Waals surface area contributed by atoms with Crippen LogP contribution in [0.5, 0.6) is 5.75 Å². The largest absolute Gasteiger partial charge is 0.497 e. The second-order valence-electron chi connectivity index (χ2n) is 5.81. The number of urea groups is 1. The predicted molar refractivity (Wildman–Crippen MR) is 95.9 cm³/mol. The number of benzene rings is 2. The lowest BCUT2D eigenvalue weighted by atomic mass is 10.1. The minimum Gasteiger partial charge on any atom is -0.497 e. The van der Waals surface area contributed by atoms with Crippen molar-refractivity contribution in [1.29, 1.82) is 0 Å². The SMILES string of the molecule is COc1cccc(C(=O)N2CCN(C(=O)Nc3ccccc3)CC2)c1. The molecule has 25 heavy (non-hydrogen) atoms. The minimum absolute atomic E-state index is 0.0398. The molecule has 130 valence electrons. The van der Waals surface area contributed by atoms with Gasteiger partial charge >= 0.3 is 6.03 Å². The van der Waals surface area contributed by atoms with E-state index in [1.807, 2.05) is 36.4 Å². The Labute approximate surface area is 147 Å². The third kappa shape index (κ3) is 4.09. The van der Waals surface area contributed by atoms with Crippen LogP contribution in [-0.2, 0) is 0 Å². The number of amides is 3. The molecule has 3 rings (SSSR count). The molecule has 1 fully saturated rings. The molecule has 0 unspecified atom stereocenters. The summed E-state index contributed by atoms with van der Waals surface area (Å²) >= 11 is 0. The molecule has 0 spiro atoms. The molecule has 0 radical (unpaired) electrons. The van der Waals surface area contributed by atoms with Gasteiger partial charge < -0.3 is 19.9 Å². The highest BCUT2D eigenvalue weighted by molar-refractivity contribution is 5.95. The number of para-hydroxylation sites is 1. The zero-order chi connectivity index (χ0) is 17.6. The minimum atomic E-state index is -0.139. The predicted octanol–water partition coefficient (Wildman–Crippen LogP) is 2.69. The van der Waals surface area contributed by atoms with E-state index in [0.29, 0.717) is 37.5 Å². The Hall–Kier alpha value is -3.02. The lowest BCUT2D eigenvalue weighted by Gasteiger charge is -2.34. The topological polar surface area (TPSA) is 61.9 Å². The highest BCUT2D eigenvalue weighted by Crippen LogP contribution is 2.16. The maximum absolute atomic E-state index is 12.6. The number of anilines is 1. The quantitative estimate of drug-likeness (QED) is 0.935. The number of piperazine rings is 1. The molecule has 0 aliphatic carbocycles. The first-order valence-electron chi connectivity index (χ1n) is 8.21. The summed E-state index contributed by atoms with van der Waals surface area (Å²) in [6.07, 6.45) is 0. The van der Waals surface area contributed by atoms with E-state index in [-0.39, 0.29) is 11.9 Å². The Bertz CT molecular complexity index is 741. The highest BCUT2D eigenvalue weighted by Gasteiger charge is 2.25. The number of nitrogens with one attached hydrogen (secondary N) is 1. The molecule has 3 amide bonds. The van der Waals surface area contributed by atoms with Gasteiger partial charge in [-0.15, -0.1) is 0 Å². The van der Waals surface area contributed by atoms with Gasteiger partial charge in [0.2, 0.25) is 0 Å². The number of hydrogen-bond donors (Lipinski definition) is 1. The standard InChI is InChI=1S/C19H21N3O3/c1-25-17-9-5-6-15(14-17)18(23)21-10-12-22(13-11-21)19(24)20-16-7-3-2-4-8-16/h2-9,14H,10-13H2,1H3,(H,20,24). The molecule has 1 heterocycles. The average Bonchev–Trinajstić information content (AvgIpc) is 2.68. The van der Waals surface area contributed by atoms with Crippen molar-refractivity contribution in [3.05, 3.63) is 60.2 Å². The highest BCUT2D eigenvalue weighted by atomic mass is 16.5. The van der Waals surface area contributed by atoms with E-state index < -0.39 is 0 Å². The molecule has 1 aliphatic heterocycles. The van der Waals surface area contributed by atoms with E-state index in [9.17, 15) is 9.59 Å². The van der Waals surface area contributed by atoms with Gasteiger partial charge in [0.25, 0.3) is 5.91 Å². The van der Waals surface area contributed by atoms with Crippen molar-refractivity contribution in [2.45, 2.75) is 0 Å².